The van der Waals surface area contributed by atoms with Crippen LogP contribution >= 0.6 is 11.3 Å². The quantitative estimate of drug-likeness (QED) is 0.918. The summed E-state index contributed by atoms with van der Waals surface area (Å²) in [7, 11) is 1.81. The highest BCUT2D eigenvalue weighted by atomic mass is 32.1. The van der Waals surface area contributed by atoms with Crippen molar-refractivity contribution in [3.63, 3.8) is 0 Å². The third-order valence-corrected chi connectivity index (χ3v) is 3.75. The number of nitrogens with one attached hydrogen (secondary N) is 1. The van der Waals surface area contributed by atoms with Crippen LogP contribution in [0.5, 0.6) is 0 Å². The van der Waals surface area contributed by atoms with Crippen LogP contribution < -0.4 is 5.32 Å². The number of halogens is 3. The van der Waals surface area contributed by atoms with Gasteiger partial charge < -0.3 is 5.32 Å². The lowest BCUT2D eigenvalue weighted by atomic mass is 10.1. The van der Waals surface area contributed by atoms with Crippen LogP contribution in [0.25, 0.3) is 10.6 Å². The number of benzene rings is 1. The molecule has 2 nitrogen and oxygen atoms in total. The molecule has 102 valence electrons. The summed E-state index contributed by atoms with van der Waals surface area (Å²) in [5, 5.41) is 5.50. The van der Waals surface area contributed by atoms with Gasteiger partial charge >= 0.3 is 6.18 Å². The molecule has 0 spiro atoms. The molecule has 0 aliphatic heterocycles. The molecule has 1 unspecified atom stereocenters. The molecule has 2 aromatic rings. The predicted octanol–water partition coefficient (Wildman–Crippen LogP) is 4.11. The highest BCUT2D eigenvalue weighted by molar-refractivity contribution is 7.13. The fourth-order valence-electron chi connectivity index (χ4n) is 1.59. The zero-order valence-electron chi connectivity index (χ0n) is 10.5. The van der Waals surface area contributed by atoms with Crippen molar-refractivity contribution >= 4 is 11.3 Å². The smallest absolute Gasteiger partial charge is 0.312 e. The van der Waals surface area contributed by atoms with Crippen molar-refractivity contribution in [3.05, 3.63) is 40.9 Å². The van der Waals surface area contributed by atoms with Crippen molar-refractivity contribution in [2.45, 2.75) is 19.1 Å². The Morgan fingerprint density at radius 2 is 2.05 bits per heavy atom. The van der Waals surface area contributed by atoms with Gasteiger partial charge in [0.2, 0.25) is 0 Å². The monoisotopic (exact) mass is 286 g/mol. The Morgan fingerprint density at radius 1 is 1.32 bits per heavy atom. The second-order valence-electron chi connectivity index (χ2n) is 4.17. The molecule has 0 radical (unpaired) electrons. The molecule has 6 heteroatoms. The molecule has 0 amide bonds. The largest absolute Gasteiger partial charge is 0.416 e. The van der Waals surface area contributed by atoms with Crippen molar-refractivity contribution in [3.8, 4) is 10.6 Å². The van der Waals surface area contributed by atoms with Gasteiger partial charge in [-0.25, -0.2) is 4.98 Å². The first-order valence-electron chi connectivity index (χ1n) is 5.72. The van der Waals surface area contributed by atoms with Gasteiger partial charge in [0.15, 0.2) is 0 Å². The number of hydrogen-bond acceptors (Lipinski definition) is 3. The van der Waals surface area contributed by atoms with Gasteiger partial charge in [-0.1, -0.05) is 12.1 Å². The Labute approximate surface area is 113 Å². The molecule has 0 bridgehead atoms. The number of hydrogen-bond donors (Lipinski definition) is 1. The molecule has 1 atom stereocenters. The molecule has 0 fully saturated rings. The van der Waals surface area contributed by atoms with E-state index in [1.807, 2.05) is 19.4 Å². The fraction of sp³-hybridized carbons (Fsp3) is 0.308. The predicted molar refractivity (Wildman–Crippen MR) is 70.0 cm³/mol. The lowest BCUT2D eigenvalue weighted by Gasteiger charge is -2.07. The number of alkyl halides is 3. The van der Waals surface area contributed by atoms with Crippen LogP contribution in [0.3, 0.4) is 0 Å². The summed E-state index contributed by atoms with van der Waals surface area (Å²) in [5.41, 5.74) is 0.678. The number of nitrogens with zero attached hydrogens (tertiary/aromatic N) is 1. The van der Waals surface area contributed by atoms with E-state index in [9.17, 15) is 13.2 Å². The Bertz CT molecular complexity index is 563. The second-order valence-corrected chi connectivity index (χ2v) is 5.02. The summed E-state index contributed by atoms with van der Waals surface area (Å²) in [6, 6.07) is 5.32. The standard InChI is InChI=1S/C13H13F3N2S/c1-8(17-2)11-7-19-12(18-11)9-4-3-5-10(6-9)13(14,15)16/h3-8,17H,1-2H3. The van der Waals surface area contributed by atoms with E-state index in [1.165, 1.54) is 17.4 Å². The van der Waals surface area contributed by atoms with Gasteiger partial charge in [0.1, 0.15) is 5.01 Å². The first-order chi connectivity index (χ1) is 8.91. The minimum absolute atomic E-state index is 0.0794. The van der Waals surface area contributed by atoms with E-state index in [0.29, 0.717) is 10.6 Å². The van der Waals surface area contributed by atoms with Crippen molar-refractivity contribution < 1.29 is 13.2 Å². The van der Waals surface area contributed by atoms with Gasteiger partial charge in [0.05, 0.1) is 11.3 Å². The minimum atomic E-state index is -4.33. The highest BCUT2D eigenvalue weighted by Gasteiger charge is 2.30. The molecule has 1 aromatic carbocycles. The van der Waals surface area contributed by atoms with Gasteiger partial charge in [0, 0.05) is 17.0 Å². The second kappa shape index (κ2) is 5.30. The van der Waals surface area contributed by atoms with E-state index in [4.69, 9.17) is 0 Å². The van der Waals surface area contributed by atoms with Gasteiger partial charge in [-0.3, -0.25) is 0 Å². The van der Waals surface area contributed by atoms with Crippen LogP contribution in [-0.4, -0.2) is 12.0 Å². The van der Waals surface area contributed by atoms with E-state index in [0.717, 1.165) is 17.8 Å². The van der Waals surface area contributed by atoms with Gasteiger partial charge in [-0.2, -0.15) is 13.2 Å². The molecule has 0 aliphatic carbocycles. The summed E-state index contributed by atoms with van der Waals surface area (Å²) in [6.07, 6.45) is -4.33. The molecular weight excluding hydrogens is 273 g/mol. The molecule has 1 N–H and O–H groups in total. The third kappa shape index (κ3) is 3.13. The van der Waals surface area contributed by atoms with Crippen LogP contribution in [0.4, 0.5) is 13.2 Å². The van der Waals surface area contributed by atoms with Crippen LogP contribution in [0.1, 0.15) is 24.2 Å². The Hall–Kier alpha value is -1.40. The Kier molecular flexibility index (Phi) is 3.91. The lowest BCUT2D eigenvalue weighted by Crippen LogP contribution is -2.12. The van der Waals surface area contributed by atoms with Crippen LogP contribution in [0.2, 0.25) is 0 Å². The summed E-state index contributed by atoms with van der Waals surface area (Å²) < 4.78 is 37.9. The molecule has 2 rings (SSSR count). The Balaban J connectivity index is 2.34. The first kappa shape index (κ1) is 14.0. The average Bonchev–Trinajstić information content (AvgIpc) is 2.86. The first-order valence-corrected chi connectivity index (χ1v) is 6.60. The van der Waals surface area contributed by atoms with Gasteiger partial charge in [-0.15, -0.1) is 11.3 Å². The van der Waals surface area contributed by atoms with Crippen molar-refractivity contribution in [1.82, 2.24) is 10.3 Å². The summed E-state index contributed by atoms with van der Waals surface area (Å²) in [4.78, 5) is 4.36. The topological polar surface area (TPSA) is 24.9 Å². The van der Waals surface area contributed by atoms with Gasteiger partial charge in [-0.05, 0) is 26.1 Å². The zero-order valence-corrected chi connectivity index (χ0v) is 11.3. The summed E-state index contributed by atoms with van der Waals surface area (Å²) in [6.45, 7) is 1.95. The molecule has 1 heterocycles. The third-order valence-electron chi connectivity index (χ3n) is 2.84. The number of rotatable bonds is 3. The molecule has 0 saturated heterocycles. The minimum Gasteiger partial charge on any atom is -0.312 e. The van der Waals surface area contributed by atoms with Crippen molar-refractivity contribution in [1.29, 1.82) is 0 Å². The molecule has 0 aliphatic rings. The SMILES string of the molecule is CNC(C)c1csc(-c2cccc(C(F)(F)F)c2)n1. The van der Waals surface area contributed by atoms with Crippen molar-refractivity contribution in [2.24, 2.45) is 0 Å². The maximum absolute atomic E-state index is 12.6. The number of thiazole rings is 1. The van der Waals surface area contributed by atoms with Crippen molar-refractivity contribution in [2.75, 3.05) is 7.05 Å². The average molecular weight is 286 g/mol. The van der Waals surface area contributed by atoms with E-state index in [-0.39, 0.29) is 6.04 Å². The summed E-state index contributed by atoms with van der Waals surface area (Å²) in [5.74, 6) is 0. The lowest BCUT2D eigenvalue weighted by molar-refractivity contribution is -0.137. The van der Waals surface area contributed by atoms with Crippen LogP contribution in [-0.2, 0) is 6.18 Å². The van der Waals surface area contributed by atoms with Gasteiger partial charge in [0.25, 0.3) is 0 Å². The molecule has 0 saturated carbocycles. The normalized spacial score (nSPS) is 13.5. The zero-order chi connectivity index (χ0) is 14.0. The maximum Gasteiger partial charge on any atom is 0.416 e. The summed E-state index contributed by atoms with van der Waals surface area (Å²) >= 11 is 1.35. The van der Waals surface area contributed by atoms with Crippen LogP contribution in [0.15, 0.2) is 29.6 Å². The maximum atomic E-state index is 12.6. The van der Waals surface area contributed by atoms with E-state index in [2.05, 4.69) is 10.3 Å². The highest BCUT2D eigenvalue weighted by Crippen LogP contribution is 2.33. The van der Waals surface area contributed by atoms with E-state index < -0.39 is 11.7 Å². The molecular formula is C13H13F3N2S. The fourth-order valence-corrected chi connectivity index (χ4v) is 2.50. The Morgan fingerprint density at radius 3 is 2.68 bits per heavy atom. The van der Waals surface area contributed by atoms with E-state index in [1.54, 1.807) is 6.07 Å². The van der Waals surface area contributed by atoms with E-state index >= 15 is 0 Å². The molecule has 19 heavy (non-hydrogen) atoms. The van der Waals surface area contributed by atoms with Crippen LogP contribution in [0, 0.1) is 0 Å². The number of aromatic nitrogens is 1. The molecule has 1 aromatic heterocycles.